The van der Waals surface area contributed by atoms with Gasteiger partial charge in [0.05, 0.1) is 0 Å². The first kappa shape index (κ1) is 13.6. The third-order valence-corrected chi connectivity index (χ3v) is 3.35. The van der Waals surface area contributed by atoms with Crippen LogP contribution in [-0.4, -0.2) is 0 Å². The van der Waals surface area contributed by atoms with Gasteiger partial charge >= 0.3 is 0 Å². The normalized spacial score (nSPS) is 10.0. The molecule has 0 amide bonds. The lowest BCUT2D eigenvalue weighted by Gasteiger charge is -2.11. The number of benzene rings is 2. The maximum atomic E-state index is 13.5. The summed E-state index contributed by atoms with van der Waals surface area (Å²) in [7, 11) is 0. The van der Waals surface area contributed by atoms with E-state index in [2.05, 4.69) is 15.9 Å². The second kappa shape index (κ2) is 5.85. The Morgan fingerprint density at radius 2 is 2.05 bits per heavy atom. The van der Waals surface area contributed by atoms with Gasteiger partial charge in [0.15, 0.2) is 0 Å². The third-order valence-electron chi connectivity index (χ3n) is 2.70. The van der Waals surface area contributed by atoms with E-state index in [9.17, 15) is 4.39 Å². The van der Waals surface area contributed by atoms with E-state index in [4.69, 9.17) is 10.00 Å². The lowest BCUT2D eigenvalue weighted by molar-refractivity contribution is 0.471. The number of ether oxygens (including phenoxy) is 1. The third kappa shape index (κ3) is 2.94. The molecule has 0 aliphatic carbocycles. The lowest BCUT2D eigenvalue weighted by Crippen LogP contribution is -1.93. The van der Waals surface area contributed by atoms with Gasteiger partial charge in [-0.05, 0) is 36.2 Å². The molecule has 0 aliphatic rings. The predicted octanol–water partition coefficient (Wildman–Crippen LogP) is 4.69. The van der Waals surface area contributed by atoms with E-state index >= 15 is 0 Å². The van der Waals surface area contributed by atoms with Gasteiger partial charge in [-0.15, -0.1) is 0 Å². The van der Waals surface area contributed by atoms with Crippen molar-refractivity contribution in [2.75, 3.05) is 0 Å². The van der Waals surface area contributed by atoms with Crippen molar-refractivity contribution in [3.63, 3.8) is 0 Å². The molecule has 0 saturated heterocycles. The Morgan fingerprint density at radius 1 is 1.26 bits per heavy atom. The van der Waals surface area contributed by atoms with Crippen LogP contribution in [0.15, 0.2) is 36.4 Å². The fraction of sp³-hybridized carbons (Fsp3) is 0.133. The van der Waals surface area contributed by atoms with E-state index in [0.29, 0.717) is 5.75 Å². The molecule has 0 unspecified atom stereocenters. The Labute approximate surface area is 119 Å². The molecule has 2 aromatic carbocycles. The minimum absolute atomic E-state index is 0.0773. The molecule has 0 saturated carbocycles. The molecule has 2 rings (SSSR count). The fourth-order valence-electron chi connectivity index (χ4n) is 1.73. The highest BCUT2D eigenvalue weighted by Gasteiger charge is 2.11. The standard InChI is InChI=1S/C15H11BrFNO/c1-10-7-11(8-16)5-6-14(10)19-15-4-2-3-13(17)12(15)9-18/h2-7H,8H2,1H3. The summed E-state index contributed by atoms with van der Waals surface area (Å²) in [5.41, 5.74) is 1.99. The summed E-state index contributed by atoms with van der Waals surface area (Å²) in [5, 5.41) is 9.71. The van der Waals surface area contributed by atoms with Crippen LogP contribution in [0.4, 0.5) is 4.39 Å². The van der Waals surface area contributed by atoms with Crippen molar-refractivity contribution >= 4 is 15.9 Å². The van der Waals surface area contributed by atoms with Crippen LogP contribution in [0.5, 0.6) is 11.5 Å². The van der Waals surface area contributed by atoms with Crippen molar-refractivity contribution in [1.29, 1.82) is 5.26 Å². The van der Waals surface area contributed by atoms with Gasteiger partial charge in [-0.3, -0.25) is 0 Å². The lowest BCUT2D eigenvalue weighted by atomic mass is 10.1. The fourth-order valence-corrected chi connectivity index (χ4v) is 2.07. The van der Waals surface area contributed by atoms with Crippen LogP contribution >= 0.6 is 15.9 Å². The first-order valence-electron chi connectivity index (χ1n) is 5.67. The smallest absolute Gasteiger partial charge is 0.148 e. The van der Waals surface area contributed by atoms with Gasteiger partial charge in [0.25, 0.3) is 0 Å². The number of hydrogen-bond donors (Lipinski definition) is 0. The van der Waals surface area contributed by atoms with Crippen molar-refractivity contribution in [3.8, 4) is 17.6 Å². The quantitative estimate of drug-likeness (QED) is 0.769. The number of hydrogen-bond acceptors (Lipinski definition) is 2. The zero-order valence-corrected chi connectivity index (χ0v) is 11.9. The highest BCUT2D eigenvalue weighted by molar-refractivity contribution is 9.08. The molecular weight excluding hydrogens is 309 g/mol. The van der Waals surface area contributed by atoms with Crippen LogP contribution in [-0.2, 0) is 5.33 Å². The molecule has 96 valence electrons. The molecular formula is C15H11BrFNO. The summed E-state index contributed by atoms with van der Waals surface area (Å²) in [4.78, 5) is 0. The van der Waals surface area contributed by atoms with Crippen LogP contribution < -0.4 is 4.74 Å². The number of rotatable bonds is 3. The number of halogens is 2. The zero-order valence-electron chi connectivity index (χ0n) is 10.3. The molecule has 0 fully saturated rings. The predicted molar refractivity (Wildman–Crippen MR) is 75.0 cm³/mol. The van der Waals surface area contributed by atoms with E-state index in [1.807, 2.05) is 31.2 Å². The van der Waals surface area contributed by atoms with Crippen molar-refractivity contribution in [2.24, 2.45) is 0 Å². The van der Waals surface area contributed by atoms with Crippen molar-refractivity contribution < 1.29 is 9.13 Å². The van der Waals surface area contributed by atoms with Gasteiger partial charge in [0.1, 0.15) is 28.9 Å². The summed E-state index contributed by atoms with van der Waals surface area (Å²) in [6.07, 6.45) is 0. The Morgan fingerprint density at radius 3 is 2.68 bits per heavy atom. The van der Waals surface area contributed by atoms with Crippen LogP contribution in [0.3, 0.4) is 0 Å². The van der Waals surface area contributed by atoms with Crippen molar-refractivity contribution in [1.82, 2.24) is 0 Å². The second-order valence-corrected chi connectivity index (χ2v) is 4.62. The van der Waals surface area contributed by atoms with Gasteiger partial charge in [0, 0.05) is 5.33 Å². The number of nitrogens with zero attached hydrogens (tertiary/aromatic N) is 1. The zero-order chi connectivity index (χ0) is 13.8. The SMILES string of the molecule is Cc1cc(CBr)ccc1Oc1cccc(F)c1C#N. The van der Waals surface area contributed by atoms with Crippen LogP contribution in [0.25, 0.3) is 0 Å². The van der Waals surface area contributed by atoms with Gasteiger partial charge in [0.2, 0.25) is 0 Å². The molecule has 2 nitrogen and oxygen atoms in total. The van der Waals surface area contributed by atoms with Gasteiger partial charge < -0.3 is 4.74 Å². The number of aryl methyl sites for hydroxylation is 1. The Balaban J connectivity index is 2.37. The van der Waals surface area contributed by atoms with Crippen molar-refractivity contribution in [2.45, 2.75) is 12.3 Å². The molecule has 0 heterocycles. The van der Waals surface area contributed by atoms with Gasteiger partial charge in [-0.2, -0.15) is 5.26 Å². The van der Waals surface area contributed by atoms with E-state index < -0.39 is 5.82 Å². The van der Waals surface area contributed by atoms with Gasteiger partial charge in [-0.1, -0.05) is 34.1 Å². The first-order chi connectivity index (χ1) is 9.15. The summed E-state index contributed by atoms with van der Waals surface area (Å²) in [6, 6.07) is 11.9. The maximum Gasteiger partial charge on any atom is 0.148 e. The molecule has 0 bridgehead atoms. The Bertz CT molecular complexity index is 649. The van der Waals surface area contributed by atoms with E-state index in [1.165, 1.54) is 12.1 Å². The number of alkyl halides is 1. The van der Waals surface area contributed by atoms with Crippen LogP contribution in [0.1, 0.15) is 16.7 Å². The van der Waals surface area contributed by atoms with Gasteiger partial charge in [-0.25, -0.2) is 4.39 Å². The molecule has 0 aliphatic heterocycles. The molecule has 4 heteroatoms. The second-order valence-electron chi connectivity index (χ2n) is 4.06. The highest BCUT2D eigenvalue weighted by Crippen LogP contribution is 2.29. The molecule has 0 N–H and O–H groups in total. The largest absolute Gasteiger partial charge is 0.456 e. The molecule has 0 aromatic heterocycles. The monoisotopic (exact) mass is 319 g/mol. The summed E-state index contributed by atoms with van der Waals surface area (Å²) < 4.78 is 19.1. The Kier molecular flexibility index (Phi) is 4.18. The maximum absolute atomic E-state index is 13.5. The summed E-state index contributed by atoms with van der Waals surface area (Å²) >= 11 is 3.38. The molecule has 0 radical (unpaired) electrons. The molecule has 0 spiro atoms. The minimum Gasteiger partial charge on any atom is -0.456 e. The van der Waals surface area contributed by atoms with Crippen molar-refractivity contribution in [3.05, 3.63) is 58.9 Å². The average molecular weight is 320 g/mol. The molecule has 0 atom stereocenters. The first-order valence-corrected chi connectivity index (χ1v) is 6.80. The Hall–Kier alpha value is -1.86. The van der Waals surface area contributed by atoms with Crippen LogP contribution in [0.2, 0.25) is 0 Å². The highest BCUT2D eigenvalue weighted by atomic mass is 79.9. The van der Waals surface area contributed by atoms with E-state index in [-0.39, 0.29) is 11.3 Å². The van der Waals surface area contributed by atoms with Crippen LogP contribution in [0, 0.1) is 24.1 Å². The topological polar surface area (TPSA) is 33.0 Å². The molecule has 2 aromatic rings. The number of nitriles is 1. The average Bonchev–Trinajstić information content (AvgIpc) is 2.41. The summed E-state index contributed by atoms with van der Waals surface area (Å²) in [5.74, 6) is 0.277. The summed E-state index contributed by atoms with van der Waals surface area (Å²) in [6.45, 7) is 1.91. The molecule has 19 heavy (non-hydrogen) atoms. The van der Waals surface area contributed by atoms with E-state index in [1.54, 1.807) is 6.07 Å². The van der Waals surface area contributed by atoms with E-state index in [0.717, 1.165) is 16.5 Å². The minimum atomic E-state index is -0.574.